The van der Waals surface area contributed by atoms with E-state index in [9.17, 15) is 9.67 Å². The molecule has 0 aliphatic carbocycles. The molecule has 0 aromatic carbocycles. The largest absolute Gasteiger partial charge is 0.391 e. The van der Waals surface area contributed by atoms with Crippen LogP contribution in [-0.4, -0.2) is 41.2 Å². The minimum absolute atomic E-state index is 0.0727. The van der Waals surface area contributed by atoms with E-state index >= 15 is 0 Å². The van der Waals surface area contributed by atoms with Gasteiger partial charge in [-0.15, -0.1) is 0 Å². The van der Waals surface area contributed by atoms with Crippen LogP contribution in [0.2, 0.25) is 5.02 Å². The molecule has 1 unspecified atom stereocenters. The molecule has 0 radical (unpaired) electrons. The summed E-state index contributed by atoms with van der Waals surface area (Å²) in [5, 5.41) is 13.8. The van der Waals surface area contributed by atoms with Crippen molar-refractivity contribution in [2.45, 2.75) is 25.1 Å². The summed E-state index contributed by atoms with van der Waals surface area (Å²) in [5.74, 6) is 0. The lowest BCUT2D eigenvalue weighted by Crippen LogP contribution is -2.40. The Morgan fingerprint density at radius 2 is 2.33 bits per heavy atom. The van der Waals surface area contributed by atoms with Crippen LogP contribution in [0.1, 0.15) is 18.7 Å². The quantitative estimate of drug-likeness (QED) is 0.837. The maximum absolute atomic E-state index is 12.0. The molecule has 0 bridgehead atoms. The van der Waals surface area contributed by atoms with Crippen molar-refractivity contribution < 1.29 is 9.67 Å². The molecule has 2 N–H and O–H groups in total. The van der Waals surface area contributed by atoms with Gasteiger partial charge in [0.25, 0.3) is 0 Å². The summed E-state index contributed by atoms with van der Waals surface area (Å²) in [6.07, 6.45) is 2.07. The van der Waals surface area contributed by atoms with E-state index < -0.39 is 13.2 Å². The summed E-state index contributed by atoms with van der Waals surface area (Å²) >= 11 is 6.08. The summed E-state index contributed by atoms with van der Waals surface area (Å²) in [6.45, 7) is 3.69. The van der Waals surface area contributed by atoms with Crippen molar-refractivity contribution in [1.82, 2.24) is 10.3 Å². The third kappa shape index (κ3) is 3.12. The summed E-state index contributed by atoms with van der Waals surface area (Å²) < 4.78 is 12.0. The Labute approximate surface area is 112 Å². The smallest absolute Gasteiger partial charge is 0.0890 e. The van der Waals surface area contributed by atoms with Gasteiger partial charge in [0, 0.05) is 30.6 Å². The molecular weight excluding hydrogens is 271 g/mol. The predicted octanol–water partition coefficient (Wildman–Crippen LogP) is 2.12. The van der Waals surface area contributed by atoms with Crippen LogP contribution < -0.4 is 5.32 Å². The molecule has 0 spiro atoms. The van der Waals surface area contributed by atoms with E-state index in [4.69, 9.17) is 11.6 Å². The van der Waals surface area contributed by atoms with Crippen molar-refractivity contribution in [2.24, 2.45) is 0 Å². The van der Waals surface area contributed by atoms with Crippen molar-refractivity contribution in [2.75, 3.05) is 19.0 Å². The van der Waals surface area contributed by atoms with Crippen LogP contribution in [-0.2, 0) is 4.57 Å². The zero-order valence-electron chi connectivity index (χ0n) is 10.5. The van der Waals surface area contributed by atoms with Gasteiger partial charge in [-0.3, -0.25) is 4.98 Å². The van der Waals surface area contributed by atoms with Gasteiger partial charge in [0.2, 0.25) is 0 Å². The maximum Gasteiger partial charge on any atom is 0.0890 e. The van der Waals surface area contributed by atoms with Gasteiger partial charge in [-0.05, 0) is 25.7 Å². The van der Waals surface area contributed by atoms with Gasteiger partial charge in [-0.25, -0.2) is 0 Å². The zero-order chi connectivity index (χ0) is 13.3. The number of nitrogens with one attached hydrogen (secondary N) is 1. The average Bonchev–Trinajstić information content (AvgIpc) is 2.52. The zero-order valence-corrected chi connectivity index (χ0v) is 12.2. The predicted molar refractivity (Wildman–Crippen MR) is 73.9 cm³/mol. The second-order valence-electron chi connectivity index (χ2n) is 5.09. The van der Waals surface area contributed by atoms with Crippen LogP contribution in [0.5, 0.6) is 0 Å². The van der Waals surface area contributed by atoms with E-state index in [0.717, 1.165) is 5.69 Å². The fourth-order valence-corrected chi connectivity index (χ4v) is 5.08. The lowest BCUT2D eigenvalue weighted by atomic mass is 10.1. The first-order chi connectivity index (χ1) is 8.39. The van der Waals surface area contributed by atoms with E-state index in [1.165, 1.54) is 0 Å². The summed E-state index contributed by atoms with van der Waals surface area (Å²) in [4.78, 5) is 4.24. The van der Waals surface area contributed by atoms with Crippen LogP contribution in [0.4, 0.5) is 0 Å². The van der Waals surface area contributed by atoms with Crippen molar-refractivity contribution in [3.8, 4) is 0 Å². The number of rotatable bonds is 3. The summed E-state index contributed by atoms with van der Waals surface area (Å²) in [7, 11) is -2.18. The molecule has 4 nitrogen and oxygen atoms in total. The fourth-order valence-electron chi connectivity index (χ4n) is 2.42. The molecule has 1 saturated heterocycles. The first-order valence-corrected chi connectivity index (χ1v) is 8.89. The van der Waals surface area contributed by atoms with Gasteiger partial charge < -0.3 is 15.0 Å². The highest BCUT2D eigenvalue weighted by molar-refractivity contribution is 7.63. The Balaban J connectivity index is 2.07. The van der Waals surface area contributed by atoms with Crippen molar-refractivity contribution in [3.05, 3.63) is 29.0 Å². The molecule has 18 heavy (non-hydrogen) atoms. The third-order valence-electron chi connectivity index (χ3n) is 3.28. The van der Waals surface area contributed by atoms with Crippen LogP contribution >= 0.6 is 18.7 Å². The minimum Gasteiger partial charge on any atom is -0.391 e. The van der Waals surface area contributed by atoms with Crippen LogP contribution in [0, 0.1) is 0 Å². The number of hydrogen-bond donors (Lipinski definition) is 2. The number of aliphatic hydroxyl groups is 1. The standard InChI is InChI=1S/C12H18ClN2O2P/c1-8(12-9(13)4-3-5-14-12)15-10-6-18(2,17)7-11(10)16/h3-5,8,10-11,15-16H,6-7H2,1-2H3/t8?,10-,11-,18+/m1/s1. The lowest BCUT2D eigenvalue weighted by Gasteiger charge is -2.21. The van der Waals surface area contributed by atoms with E-state index in [0.29, 0.717) is 17.3 Å². The van der Waals surface area contributed by atoms with Crippen LogP contribution in [0.25, 0.3) is 0 Å². The number of aliphatic hydroxyl groups excluding tert-OH is 1. The summed E-state index contributed by atoms with van der Waals surface area (Å²) in [5.41, 5.74) is 0.754. The average molecular weight is 289 g/mol. The topological polar surface area (TPSA) is 62.2 Å². The maximum atomic E-state index is 12.0. The lowest BCUT2D eigenvalue weighted by molar-refractivity contribution is 0.160. The van der Waals surface area contributed by atoms with Crippen LogP contribution in [0.15, 0.2) is 18.3 Å². The molecule has 1 aromatic heterocycles. The molecule has 0 amide bonds. The number of halogens is 1. The van der Waals surface area contributed by atoms with E-state index in [-0.39, 0.29) is 12.1 Å². The number of hydrogen-bond acceptors (Lipinski definition) is 4. The minimum atomic E-state index is -2.18. The molecule has 4 atom stereocenters. The highest BCUT2D eigenvalue weighted by atomic mass is 35.5. The van der Waals surface area contributed by atoms with Gasteiger partial charge >= 0.3 is 0 Å². The molecule has 6 heteroatoms. The molecule has 1 aliphatic heterocycles. The number of nitrogens with zero attached hydrogens (tertiary/aromatic N) is 1. The van der Waals surface area contributed by atoms with Crippen molar-refractivity contribution in [3.63, 3.8) is 0 Å². The molecule has 1 aromatic rings. The number of pyridine rings is 1. The Morgan fingerprint density at radius 1 is 1.61 bits per heavy atom. The van der Waals surface area contributed by atoms with Crippen molar-refractivity contribution in [1.29, 1.82) is 0 Å². The Bertz CT molecular complexity index is 483. The second-order valence-corrected chi connectivity index (χ2v) is 8.83. The Kier molecular flexibility index (Phi) is 4.12. The first kappa shape index (κ1) is 14.0. The van der Waals surface area contributed by atoms with Gasteiger partial charge in [-0.1, -0.05) is 11.6 Å². The highest BCUT2D eigenvalue weighted by Gasteiger charge is 2.38. The molecule has 0 saturated carbocycles. The second kappa shape index (κ2) is 5.30. The van der Waals surface area contributed by atoms with E-state index in [2.05, 4.69) is 10.3 Å². The molecular formula is C12H18ClN2O2P. The fraction of sp³-hybridized carbons (Fsp3) is 0.583. The third-order valence-corrected chi connectivity index (χ3v) is 5.91. The van der Waals surface area contributed by atoms with Crippen LogP contribution in [0.3, 0.4) is 0 Å². The van der Waals surface area contributed by atoms with Gasteiger partial charge in [0.05, 0.1) is 24.0 Å². The van der Waals surface area contributed by atoms with Gasteiger partial charge in [-0.2, -0.15) is 0 Å². The van der Waals surface area contributed by atoms with Crippen molar-refractivity contribution >= 4 is 18.7 Å². The van der Waals surface area contributed by atoms with E-state index in [1.54, 1.807) is 25.0 Å². The van der Waals surface area contributed by atoms with Gasteiger partial charge in [0.1, 0.15) is 0 Å². The molecule has 1 aliphatic rings. The molecule has 100 valence electrons. The monoisotopic (exact) mass is 288 g/mol. The molecule has 2 heterocycles. The number of aromatic nitrogens is 1. The Hall–Kier alpha value is -0.410. The SMILES string of the molecule is CC(N[C@@H]1C[P@](C)(=O)C[C@H]1O)c1ncccc1Cl. The molecule has 2 rings (SSSR count). The van der Waals surface area contributed by atoms with E-state index in [1.807, 2.05) is 6.92 Å². The first-order valence-electron chi connectivity index (χ1n) is 5.99. The summed E-state index contributed by atoms with van der Waals surface area (Å²) in [6, 6.07) is 3.35. The highest BCUT2D eigenvalue weighted by Crippen LogP contribution is 2.48. The normalized spacial score (nSPS) is 33.6. The van der Waals surface area contributed by atoms with Gasteiger partial charge in [0.15, 0.2) is 0 Å². The molecule has 1 fully saturated rings. The Morgan fingerprint density at radius 3 is 2.89 bits per heavy atom.